The molecule has 0 aliphatic rings. The second-order valence-corrected chi connectivity index (χ2v) is 3.78. The maximum absolute atomic E-state index is 12.2. The molecule has 0 fully saturated rings. The Balaban J connectivity index is 2.60. The van der Waals surface area contributed by atoms with E-state index in [2.05, 4.69) is 9.97 Å². The molecule has 5 nitrogen and oxygen atoms in total. The van der Waals surface area contributed by atoms with Gasteiger partial charge in [0.15, 0.2) is 0 Å². The fourth-order valence-corrected chi connectivity index (χ4v) is 1.75. The number of rotatable bonds is 3. The zero-order chi connectivity index (χ0) is 13.1. The van der Waals surface area contributed by atoms with E-state index in [-0.39, 0.29) is 11.3 Å². The first-order chi connectivity index (χ1) is 8.67. The lowest BCUT2D eigenvalue weighted by Gasteiger charge is -2.06. The molecule has 90 valence electrons. The number of carbonyl (C=O) groups excluding carboxylic acids is 1. The minimum absolute atomic E-state index is 0.0536. The minimum atomic E-state index is -0.461. The van der Waals surface area contributed by atoms with Gasteiger partial charge in [0.05, 0.1) is 5.69 Å². The standard InChI is InChI=1S/C13H11N3O2/c1-2-10-9(6-8(7-14)13(18)16-10)12(17)11-4-3-5-15-11/h3-6,15H,2H2,1H3,(H,16,18). The van der Waals surface area contributed by atoms with Crippen molar-refractivity contribution in [1.29, 1.82) is 5.26 Å². The fourth-order valence-electron chi connectivity index (χ4n) is 1.75. The Morgan fingerprint density at radius 3 is 2.83 bits per heavy atom. The topological polar surface area (TPSA) is 89.5 Å². The van der Waals surface area contributed by atoms with Gasteiger partial charge >= 0.3 is 0 Å². The van der Waals surface area contributed by atoms with Crippen molar-refractivity contribution >= 4 is 5.78 Å². The Morgan fingerprint density at radius 1 is 1.50 bits per heavy atom. The quantitative estimate of drug-likeness (QED) is 0.795. The summed E-state index contributed by atoms with van der Waals surface area (Å²) in [6, 6.07) is 6.50. The normalized spacial score (nSPS) is 10.0. The second-order valence-electron chi connectivity index (χ2n) is 3.78. The number of aromatic nitrogens is 2. The van der Waals surface area contributed by atoms with Crippen LogP contribution >= 0.6 is 0 Å². The highest BCUT2D eigenvalue weighted by atomic mass is 16.1. The third-order valence-corrected chi connectivity index (χ3v) is 2.68. The predicted octanol–water partition coefficient (Wildman–Crippen LogP) is 1.37. The van der Waals surface area contributed by atoms with Crippen LogP contribution in [-0.2, 0) is 6.42 Å². The number of nitriles is 1. The van der Waals surface area contributed by atoms with Crippen LogP contribution in [0.2, 0.25) is 0 Å². The lowest BCUT2D eigenvalue weighted by atomic mass is 10.0. The smallest absolute Gasteiger partial charge is 0.266 e. The number of hydrogen-bond donors (Lipinski definition) is 2. The van der Waals surface area contributed by atoms with Crippen LogP contribution in [0.3, 0.4) is 0 Å². The molecule has 0 aliphatic carbocycles. The Kier molecular flexibility index (Phi) is 3.11. The highest BCUT2D eigenvalue weighted by Gasteiger charge is 2.16. The SMILES string of the molecule is CCc1[nH]c(=O)c(C#N)cc1C(=O)c1ccc[nH]1. The molecule has 2 aromatic heterocycles. The molecular formula is C13H11N3O2. The Hall–Kier alpha value is -2.61. The molecule has 0 radical (unpaired) electrons. The highest BCUT2D eigenvalue weighted by Crippen LogP contribution is 2.12. The van der Waals surface area contributed by atoms with Gasteiger partial charge in [-0.1, -0.05) is 6.92 Å². The van der Waals surface area contributed by atoms with Crippen LogP contribution in [0.4, 0.5) is 0 Å². The van der Waals surface area contributed by atoms with Gasteiger partial charge in [0, 0.05) is 17.5 Å². The molecule has 0 aliphatic heterocycles. The van der Waals surface area contributed by atoms with Gasteiger partial charge in [0.1, 0.15) is 11.6 Å². The van der Waals surface area contributed by atoms with E-state index in [4.69, 9.17) is 5.26 Å². The van der Waals surface area contributed by atoms with Crippen LogP contribution < -0.4 is 5.56 Å². The van der Waals surface area contributed by atoms with Crippen LogP contribution in [0.25, 0.3) is 0 Å². The number of hydrogen-bond acceptors (Lipinski definition) is 3. The number of ketones is 1. The van der Waals surface area contributed by atoms with Crippen molar-refractivity contribution in [1.82, 2.24) is 9.97 Å². The Labute approximate surface area is 103 Å². The molecular weight excluding hydrogens is 230 g/mol. The maximum atomic E-state index is 12.2. The number of aryl methyl sites for hydroxylation is 1. The molecule has 0 amide bonds. The maximum Gasteiger partial charge on any atom is 0.266 e. The van der Waals surface area contributed by atoms with E-state index in [9.17, 15) is 9.59 Å². The van der Waals surface area contributed by atoms with Gasteiger partial charge in [0.25, 0.3) is 5.56 Å². The first-order valence-corrected chi connectivity index (χ1v) is 5.51. The van der Waals surface area contributed by atoms with Gasteiger partial charge in [0.2, 0.25) is 5.78 Å². The van der Waals surface area contributed by atoms with Crippen molar-refractivity contribution in [2.45, 2.75) is 13.3 Å². The molecule has 18 heavy (non-hydrogen) atoms. The number of carbonyl (C=O) groups is 1. The fraction of sp³-hybridized carbons (Fsp3) is 0.154. The van der Waals surface area contributed by atoms with Gasteiger partial charge in [-0.15, -0.1) is 0 Å². The summed E-state index contributed by atoms with van der Waals surface area (Å²) in [5.74, 6) is -0.232. The summed E-state index contributed by atoms with van der Waals surface area (Å²) < 4.78 is 0. The average molecular weight is 241 g/mol. The molecule has 5 heteroatoms. The first kappa shape index (κ1) is 11.9. The summed E-state index contributed by atoms with van der Waals surface area (Å²) in [5.41, 5.74) is 0.815. The van der Waals surface area contributed by atoms with Gasteiger partial charge < -0.3 is 9.97 Å². The van der Waals surface area contributed by atoms with Gasteiger partial charge in [-0.2, -0.15) is 5.26 Å². The zero-order valence-electron chi connectivity index (χ0n) is 9.78. The molecule has 2 rings (SSSR count). The van der Waals surface area contributed by atoms with E-state index in [1.807, 2.05) is 6.92 Å². The van der Waals surface area contributed by atoms with E-state index < -0.39 is 5.56 Å². The molecule has 0 unspecified atom stereocenters. The van der Waals surface area contributed by atoms with Gasteiger partial charge in [-0.3, -0.25) is 9.59 Å². The van der Waals surface area contributed by atoms with Gasteiger partial charge in [-0.05, 0) is 24.6 Å². The van der Waals surface area contributed by atoms with Crippen molar-refractivity contribution in [3.8, 4) is 6.07 Å². The number of pyridine rings is 1. The summed E-state index contributed by atoms with van der Waals surface area (Å²) in [4.78, 5) is 29.1. The second kappa shape index (κ2) is 4.72. The van der Waals surface area contributed by atoms with Crippen molar-refractivity contribution in [2.24, 2.45) is 0 Å². The van der Waals surface area contributed by atoms with E-state index in [0.29, 0.717) is 23.4 Å². The predicted molar refractivity (Wildman–Crippen MR) is 65.4 cm³/mol. The van der Waals surface area contributed by atoms with E-state index in [0.717, 1.165) is 0 Å². The first-order valence-electron chi connectivity index (χ1n) is 5.51. The third-order valence-electron chi connectivity index (χ3n) is 2.68. The Morgan fingerprint density at radius 2 is 2.28 bits per heavy atom. The highest BCUT2D eigenvalue weighted by molar-refractivity contribution is 6.08. The molecule has 0 saturated carbocycles. The minimum Gasteiger partial charge on any atom is -0.359 e. The van der Waals surface area contributed by atoms with Crippen molar-refractivity contribution in [2.75, 3.05) is 0 Å². The van der Waals surface area contributed by atoms with E-state index >= 15 is 0 Å². The lowest BCUT2D eigenvalue weighted by molar-refractivity contribution is 0.103. The number of nitrogens with zero attached hydrogens (tertiary/aromatic N) is 1. The van der Waals surface area contributed by atoms with Crippen LogP contribution in [0.15, 0.2) is 29.2 Å². The van der Waals surface area contributed by atoms with E-state index in [1.165, 1.54) is 6.07 Å². The van der Waals surface area contributed by atoms with E-state index in [1.54, 1.807) is 24.4 Å². The molecule has 0 saturated heterocycles. The number of aromatic amines is 2. The van der Waals surface area contributed by atoms with Crippen LogP contribution in [0, 0.1) is 11.3 Å². The molecule has 2 aromatic rings. The molecule has 0 bridgehead atoms. The summed E-state index contributed by atoms with van der Waals surface area (Å²) in [7, 11) is 0. The van der Waals surface area contributed by atoms with Crippen LogP contribution in [0.1, 0.15) is 34.2 Å². The average Bonchev–Trinajstić information content (AvgIpc) is 2.91. The van der Waals surface area contributed by atoms with Crippen molar-refractivity contribution < 1.29 is 4.79 Å². The van der Waals surface area contributed by atoms with Gasteiger partial charge in [-0.25, -0.2) is 0 Å². The molecule has 0 atom stereocenters. The van der Waals surface area contributed by atoms with Crippen LogP contribution in [0.5, 0.6) is 0 Å². The number of H-pyrrole nitrogens is 2. The van der Waals surface area contributed by atoms with Crippen molar-refractivity contribution in [3.63, 3.8) is 0 Å². The van der Waals surface area contributed by atoms with Crippen LogP contribution in [-0.4, -0.2) is 15.8 Å². The van der Waals surface area contributed by atoms with Crippen molar-refractivity contribution in [3.05, 3.63) is 57.3 Å². The summed E-state index contributed by atoms with van der Waals surface area (Å²) in [6.45, 7) is 1.84. The number of nitrogens with one attached hydrogen (secondary N) is 2. The molecule has 2 heterocycles. The largest absolute Gasteiger partial charge is 0.359 e. The lowest BCUT2D eigenvalue weighted by Crippen LogP contribution is -2.17. The molecule has 2 N–H and O–H groups in total. The summed E-state index contributed by atoms with van der Waals surface area (Å²) in [5, 5.41) is 8.83. The zero-order valence-corrected chi connectivity index (χ0v) is 9.78. The summed E-state index contributed by atoms with van der Waals surface area (Å²) in [6.07, 6.45) is 2.17. The molecule has 0 aromatic carbocycles. The third kappa shape index (κ3) is 1.96. The molecule has 0 spiro atoms. The Bertz CT molecular complexity index is 675. The summed E-state index contributed by atoms with van der Waals surface area (Å²) >= 11 is 0. The monoisotopic (exact) mass is 241 g/mol.